The van der Waals surface area contributed by atoms with Gasteiger partial charge in [-0.3, -0.25) is 4.79 Å². The van der Waals surface area contributed by atoms with E-state index in [0.717, 1.165) is 19.3 Å². The first kappa shape index (κ1) is 14.4. The van der Waals surface area contributed by atoms with Crippen molar-refractivity contribution in [1.29, 1.82) is 0 Å². The van der Waals surface area contributed by atoms with Crippen molar-refractivity contribution in [3.05, 3.63) is 23.8 Å². The third kappa shape index (κ3) is 2.77. The lowest BCUT2D eigenvalue weighted by molar-refractivity contribution is -0.120. The number of nitrogens with one attached hydrogen (secondary N) is 1. The van der Waals surface area contributed by atoms with Gasteiger partial charge in [0.2, 0.25) is 15.9 Å². The minimum absolute atomic E-state index is 0.231. The predicted molar refractivity (Wildman–Crippen MR) is 70.7 cm³/mol. The molecule has 2 unspecified atom stereocenters. The number of primary sulfonamides is 1. The number of carbonyl (C=O) groups excluding carboxylic acids is 1. The minimum atomic E-state index is -4.20. The van der Waals surface area contributed by atoms with Crippen LogP contribution in [0.25, 0.3) is 0 Å². The van der Waals surface area contributed by atoms with Gasteiger partial charge >= 0.3 is 0 Å². The van der Waals surface area contributed by atoms with Crippen molar-refractivity contribution >= 4 is 21.6 Å². The van der Waals surface area contributed by atoms with E-state index in [4.69, 9.17) is 5.14 Å². The SMILES string of the molecule is NS(=O)(=O)c1cc(F)c(NC(=O)C2CC3CC3C2)c(F)c1. The van der Waals surface area contributed by atoms with Crippen LogP contribution < -0.4 is 10.5 Å². The fourth-order valence-electron chi connectivity index (χ4n) is 2.99. The van der Waals surface area contributed by atoms with Crippen molar-refractivity contribution in [2.45, 2.75) is 24.2 Å². The van der Waals surface area contributed by atoms with E-state index in [-0.39, 0.29) is 5.92 Å². The van der Waals surface area contributed by atoms with Gasteiger partial charge in [0.1, 0.15) is 5.69 Å². The molecule has 2 saturated carbocycles. The van der Waals surface area contributed by atoms with Gasteiger partial charge in [-0.15, -0.1) is 0 Å². The molecule has 5 nitrogen and oxygen atoms in total. The van der Waals surface area contributed by atoms with Gasteiger partial charge in [0.05, 0.1) is 4.90 Å². The Bertz CT molecular complexity index is 687. The van der Waals surface area contributed by atoms with E-state index in [9.17, 15) is 22.0 Å². The topological polar surface area (TPSA) is 89.3 Å². The molecule has 0 aromatic heterocycles. The Morgan fingerprint density at radius 2 is 1.67 bits per heavy atom. The second-order valence-electron chi connectivity index (χ2n) is 5.72. The van der Waals surface area contributed by atoms with Crippen molar-refractivity contribution in [1.82, 2.24) is 0 Å². The van der Waals surface area contributed by atoms with Gasteiger partial charge in [0, 0.05) is 5.92 Å². The molecule has 2 aliphatic carbocycles. The van der Waals surface area contributed by atoms with Crippen LogP contribution in [0.2, 0.25) is 0 Å². The van der Waals surface area contributed by atoms with Crippen molar-refractivity contribution < 1.29 is 22.0 Å². The fraction of sp³-hybridized carbons (Fsp3) is 0.462. The van der Waals surface area contributed by atoms with Gasteiger partial charge in [0.25, 0.3) is 0 Å². The highest BCUT2D eigenvalue weighted by atomic mass is 32.2. The summed E-state index contributed by atoms with van der Waals surface area (Å²) in [7, 11) is -4.20. The molecule has 8 heteroatoms. The van der Waals surface area contributed by atoms with Gasteiger partial charge in [-0.2, -0.15) is 0 Å². The standard InChI is InChI=1S/C13H14F2N2O3S/c14-10-4-9(21(16,19)20)5-11(15)12(10)17-13(18)8-2-6-1-7(6)3-8/h4-8H,1-3H2,(H,17,18)(H2,16,19,20). The quantitative estimate of drug-likeness (QED) is 0.887. The van der Waals surface area contributed by atoms with Crippen molar-refractivity contribution in [3.63, 3.8) is 0 Å². The summed E-state index contributed by atoms with van der Waals surface area (Å²) in [5.41, 5.74) is -0.632. The maximum atomic E-state index is 13.8. The molecule has 0 heterocycles. The zero-order valence-corrected chi connectivity index (χ0v) is 11.8. The molecule has 2 atom stereocenters. The Morgan fingerprint density at radius 3 is 2.14 bits per heavy atom. The van der Waals surface area contributed by atoms with E-state index in [1.807, 2.05) is 0 Å². The van der Waals surface area contributed by atoms with Gasteiger partial charge in [-0.05, 0) is 43.2 Å². The molecule has 0 saturated heterocycles. The summed E-state index contributed by atoms with van der Waals surface area (Å²) in [5.74, 6) is -1.83. The summed E-state index contributed by atoms with van der Waals surface area (Å²) >= 11 is 0. The van der Waals surface area contributed by atoms with Gasteiger partial charge < -0.3 is 5.32 Å². The number of amides is 1. The molecule has 0 bridgehead atoms. The third-order valence-electron chi connectivity index (χ3n) is 4.21. The molecule has 0 radical (unpaired) electrons. The van der Waals surface area contributed by atoms with Crippen LogP contribution in [0.1, 0.15) is 19.3 Å². The Balaban J connectivity index is 1.80. The number of hydrogen-bond donors (Lipinski definition) is 2. The molecule has 1 aromatic rings. The lowest BCUT2D eigenvalue weighted by Gasteiger charge is -2.14. The highest BCUT2D eigenvalue weighted by Gasteiger charge is 2.48. The number of nitrogens with two attached hydrogens (primary N) is 1. The van der Waals surface area contributed by atoms with E-state index in [1.165, 1.54) is 0 Å². The molecule has 1 aromatic carbocycles. The first-order valence-electron chi connectivity index (χ1n) is 6.58. The van der Waals surface area contributed by atoms with E-state index in [1.54, 1.807) is 0 Å². The van der Waals surface area contributed by atoms with Crippen molar-refractivity contribution in [2.24, 2.45) is 22.9 Å². The Labute approximate surface area is 120 Å². The number of benzene rings is 1. The monoisotopic (exact) mass is 316 g/mol. The first-order chi connectivity index (χ1) is 9.75. The Hall–Kier alpha value is -1.54. The smallest absolute Gasteiger partial charge is 0.238 e. The molecule has 0 aliphatic heterocycles. The van der Waals surface area contributed by atoms with Crippen LogP contribution in [0, 0.1) is 29.4 Å². The van der Waals surface area contributed by atoms with E-state index >= 15 is 0 Å². The molecule has 2 fully saturated rings. The van der Waals surface area contributed by atoms with Gasteiger partial charge in [0.15, 0.2) is 11.6 Å². The number of halogens is 2. The fourth-order valence-corrected chi connectivity index (χ4v) is 3.52. The van der Waals surface area contributed by atoms with Gasteiger partial charge in [-0.25, -0.2) is 22.3 Å². The third-order valence-corrected chi connectivity index (χ3v) is 5.10. The zero-order chi connectivity index (χ0) is 15.4. The Kier molecular flexibility index (Phi) is 3.25. The largest absolute Gasteiger partial charge is 0.321 e. The van der Waals surface area contributed by atoms with Crippen LogP contribution in [0.3, 0.4) is 0 Å². The zero-order valence-electron chi connectivity index (χ0n) is 11.0. The maximum absolute atomic E-state index is 13.8. The summed E-state index contributed by atoms with van der Waals surface area (Å²) in [4.78, 5) is 11.3. The van der Waals surface area contributed by atoms with Gasteiger partial charge in [-0.1, -0.05) is 0 Å². The highest BCUT2D eigenvalue weighted by Crippen LogP contribution is 2.54. The van der Waals surface area contributed by atoms with Crippen LogP contribution >= 0.6 is 0 Å². The predicted octanol–water partition coefficient (Wildman–Crippen LogP) is 1.60. The average molecular weight is 316 g/mol. The summed E-state index contributed by atoms with van der Waals surface area (Å²) in [5, 5.41) is 7.03. The number of fused-ring (bicyclic) bond motifs is 1. The molecule has 0 spiro atoms. The highest BCUT2D eigenvalue weighted by molar-refractivity contribution is 7.89. The lowest BCUT2D eigenvalue weighted by atomic mass is 10.0. The van der Waals surface area contributed by atoms with Crippen LogP contribution in [0.5, 0.6) is 0 Å². The summed E-state index contributed by atoms with van der Waals surface area (Å²) in [6.45, 7) is 0. The van der Waals surface area contributed by atoms with Crippen molar-refractivity contribution in [3.8, 4) is 0 Å². The number of carbonyl (C=O) groups is 1. The average Bonchev–Trinajstić information content (AvgIpc) is 2.99. The molecule has 1 amide bonds. The van der Waals surface area contributed by atoms with Crippen molar-refractivity contribution in [2.75, 3.05) is 5.32 Å². The van der Waals surface area contributed by atoms with E-state index in [2.05, 4.69) is 5.32 Å². The summed E-state index contributed by atoms with van der Waals surface area (Å²) in [6, 6.07) is 1.19. The van der Waals surface area contributed by atoms with Crippen LogP contribution in [0.15, 0.2) is 17.0 Å². The molecular formula is C13H14F2N2O3S. The molecule has 2 aliphatic rings. The second-order valence-corrected chi connectivity index (χ2v) is 7.28. The first-order valence-corrected chi connectivity index (χ1v) is 8.13. The molecule has 114 valence electrons. The van der Waals surface area contributed by atoms with E-state index in [0.29, 0.717) is 24.0 Å². The summed E-state index contributed by atoms with van der Waals surface area (Å²) < 4.78 is 49.8. The Morgan fingerprint density at radius 1 is 1.14 bits per heavy atom. The molecule has 3 N–H and O–H groups in total. The number of anilines is 1. The summed E-state index contributed by atoms with van der Waals surface area (Å²) in [6.07, 6.45) is 2.62. The molecular weight excluding hydrogens is 302 g/mol. The normalized spacial score (nSPS) is 27.3. The molecule has 3 rings (SSSR count). The van der Waals surface area contributed by atoms with Crippen LogP contribution in [-0.2, 0) is 14.8 Å². The second kappa shape index (κ2) is 4.74. The van der Waals surface area contributed by atoms with Crippen LogP contribution in [-0.4, -0.2) is 14.3 Å². The molecule has 21 heavy (non-hydrogen) atoms. The number of hydrogen-bond acceptors (Lipinski definition) is 3. The van der Waals surface area contributed by atoms with E-state index < -0.39 is 38.1 Å². The number of rotatable bonds is 3. The maximum Gasteiger partial charge on any atom is 0.238 e. The van der Waals surface area contributed by atoms with Crippen LogP contribution in [0.4, 0.5) is 14.5 Å². The minimum Gasteiger partial charge on any atom is -0.321 e. The lowest BCUT2D eigenvalue weighted by Crippen LogP contribution is -2.23. The number of sulfonamides is 1.